The van der Waals surface area contributed by atoms with Crippen LogP contribution >= 0.6 is 23.1 Å². The predicted molar refractivity (Wildman–Crippen MR) is 109 cm³/mol. The normalized spacial score (nSPS) is 11.2. The molecule has 136 valence electrons. The van der Waals surface area contributed by atoms with Crippen LogP contribution in [-0.4, -0.2) is 21.2 Å². The zero-order valence-corrected chi connectivity index (χ0v) is 16.5. The number of nitrogens with two attached hydrogens (primary N) is 1. The van der Waals surface area contributed by atoms with Gasteiger partial charge in [0.05, 0.1) is 11.1 Å². The van der Waals surface area contributed by atoms with Gasteiger partial charge in [-0.1, -0.05) is 54.9 Å². The molecule has 3 rings (SSSR count). The van der Waals surface area contributed by atoms with Gasteiger partial charge in [0.1, 0.15) is 4.83 Å². The van der Waals surface area contributed by atoms with Gasteiger partial charge in [-0.25, -0.2) is 4.98 Å². The Balaban J connectivity index is 2.15. The second-order valence-corrected chi connectivity index (χ2v) is 7.96. The first-order valence-corrected chi connectivity index (χ1v) is 10.4. The van der Waals surface area contributed by atoms with Crippen molar-refractivity contribution in [1.29, 1.82) is 0 Å². The lowest BCUT2D eigenvalue weighted by Gasteiger charge is -2.11. The fraction of sp³-hybridized carbons (Fsp3) is 0.316. The molecule has 3 aromatic rings. The number of thioether (sulfide) groups is 1. The summed E-state index contributed by atoms with van der Waals surface area (Å²) < 4.78 is 1.68. The molecule has 0 spiro atoms. The second kappa shape index (κ2) is 8.05. The molecule has 2 heterocycles. The van der Waals surface area contributed by atoms with Crippen LogP contribution < -0.4 is 11.3 Å². The Morgan fingerprint density at radius 1 is 1.31 bits per heavy atom. The number of carbonyl (C=O) groups excluding carboxylic acids is 1. The SMILES string of the molecule is CCCCn1c(SCC(N)=O)nc2scc(-c3ccc(C)cc3)c2c1=O. The molecular formula is C19H21N3O2S2. The molecule has 0 aliphatic carbocycles. The second-order valence-electron chi connectivity index (χ2n) is 6.16. The van der Waals surface area contributed by atoms with E-state index in [9.17, 15) is 9.59 Å². The van der Waals surface area contributed by atoms with Crippen molar-refractivity contribution in [2.24, 2.45) is 5.73 Å². The quantitative estimate of drug-likeness (QED) is 0.494. The minimum absolute atomic E-state index is 0.0488. The maximum Gasteiger partial charge on any atom is 0.263 e. The summed E-state index contributed by atoms with van der Waals surface area (Å²) in [4.78, 5) is 29.7. The summed E-state index contributed by atoms with van der Waals surface area (Å²) in [6.07, 6.45) is 1.85. The lowest BCUT2D eigenvalue weighted by Crippen LogP contribution is -2.24. The zero-order chi connectivity index (χ0) is 18.7. The van der Waals surface area contributed by atoms with E-state index >= 15 is 0 Å². The van der Waals surface area contributed by atoms with Gasteiger partial charge in [-0.15, -0.1) is 11.3 Å². The monoisotopic (exact) mass is 387 g/mol. The highest BCUT2D eigenvalue weighted by atomic mass is 32.2. The minimum atomic E-state index is -0.419. The highest BCUT2D eigenvalue weighted by molar-refractivity contribution is 7.99. The number of amides is 1. The Labute approximate surface area is 160 Å². The Morgan fingerprint density at radius 2 is 2.04 bits per heavy atom. The Morgan fingerprint density at radius 3 is 2.69 bits per heavy atom. The highest BCUT2D eigenvalue weighted by Gasteiger charge is 2.17. The van der Waals surface area contributed by atoms with Crippen molar-refractivity contribution in [2.45, 2.75) is 38.4 Å². The van der Waals surface area contributed by atoms with Crippen molar-refractivity contribution in [2.75, 3.05) is 5.75 Å². The molecule has 0 unspecified atom stereocenters. The van der Waals surface area contributed by atoms with E-state index in [0.29, 0.717) is 21.9 Å². The maximum absolute atomic E-state index is 13.2. The van der Waals surface area contributed by atoms with Crippen molar-refractivity contribution >= 4 is 39.2 Å². The van der Waals surface area contributed by atoms with Crippen molar-refractivity contribution in [1.82, 2.24) is 9.55 Å². The molecule has 0 saturated heterocycles. The summed E-state index contributed by atoms with van der Waals surface area (Å²) in [5.41, 5.74) is 8.32. The van der Waals surface area contributed by atoms with Crippen LogP contribution in [0.15, 0.2) is 39.6 Å². The van der Waals surface area contributed by atoms with Crippen molar-refractivity contribution < 1.29 is 4.79 Å². The number of hydrogen-bond donors (Lipinski definition) is 1. The van der Waals surface area contributed by atoms with E-state index in [1.54, 1.807) is 4.57 Å². The molecule has 0 saturated carbocycles. The fourth-order valence-electron chi connectivity index (χ4n) is 2.71. The van der Waals surface area contributed by atoms with E-state index in [2.05, 4.69) is 11.9 Å². The molecule has 2 aromatic heterocycles. The average Bonchev–Trinajstić information content (AvgIpc) is 3.04. The van der Waals surface area contributed by atoms with E-state index in [0.717, 1.165) is 24.0 Å². The molecule has 0 aliphatic rings. The van der Waals surface area contributed by atoms with Crippen molar-refractivity contribution in [3.8, 4) is 11.1 Å². The van der Waals surface area contributed by atoms with Gasteiger partial charge in [0.15, 0.2) is 5.16 Å². The molecule has 7 heteroatoms. The predicted octanol–water partition coefficient (Wildman–Crippen LogP) is 3.81. The van der Waals surface area contributed by atoms with Gasteiger partial charge >= 0.3 is 0 Å². The third-order valence-corrected chi connectivity index (χ3v) is 5.97. The van der Waals surface area contributed by atoms with Crippen LogP contribution in [0.25, 0.3) is 21.3 Å². The van der Waals surface area contributed by atoms with Crippen molar-refractivity contribution in [3.63, 3.8) is 0 Å². The number of hydrogen-bond acceptors (Lipinski definition) is 5. The average molecular weight is 388 g/mol. The Bertz CT molecular complexity index is 990. The molecule has 2 N–H and O–H groups in total. The van der Waals surface area contributed by atoms with Gasteiger partial charge in [-0.2, -0.15) is 0 Å². The number of rotatable bonds is 7. The number of aromatic nitrogens is 2. The van der Waals surface area contributed by atoms with E-state index in [-0.39, 0.29) is 11.3 Å². The third-order valence-electron chi connectivity index (χ3n) is 4.10. The zero-order valence-electron chi connectivity index (χ0n) is 14.8. The molecule has 0 radical (unpaired) electrons. The number of nitrogens with zero attached hydrogens (tertiary/aromatic N) is 2. The van der Waals surface area contributed by atoms with E-state index in [1.807, 2.05) is 36.6 Å². The Kier molecular flexibility index (Phi) is 5.78. The Hall–Kier alpha value is -2.12. The molecule has 26 heavy (non-hydrogen) atoms. The lowest BCUT2D eigenvalue weighted by molar-refractivity contribution is -0.115. The smallest absolute Gasteiger partial charge is 0.263 e. The maximum atomic E-state index is 13.2. The van der Waals surface area contributed by atoms with Gasteiger partial charge in [0.2, 0.25) is 5.91 Å². The van der Waals surface area contributed by atoms with E-state index < -0.39 is 5.91 Å². The number of thiophene rings is 1. The van der Waals surface area contributed by atoms with Crippen LogP contribution in [0.1, 0.15) is 25.3 Å². The van der Waals surface area contributed by atoms with Gasteiger partial charge < -0.3 is 5.73 Å². The number of benzene rings is 1. The van der Waals surface area contributed by atoms with E-state index in [1.165, 1.54) is 28.7 Å². The highest BCUT2D eigenvalue weighted by Crippen LogP contribution is 2.32. The first kappa shape index (κ1) is 18.7. The summed E-state index contributed by atoms with van der Waals surface area (Å²) in [6.45, 7) is 4.70. The summed E-state index contributed by atoms with van der Waals surface area (Å²) in [5, 5.41) is 3.20. The molecular weight excluding hydrogens is 366 g/mol. The number of aryl methyl sites for hydroxylation is 1. The number of unbranched alkanes of at least 4 members (excludes halogenated alkanes) is 1. The van der Waals surface area contributed by atoms with Crippen molar-refractivity contribution in [3.05, 3.63) is 45.6 Å². The topological polar surface area (TPSA) is 78.0 Å². The minimum Gasteiger partial charge on any atom is -0.369 e. The molecule has 5 nitrogen and oxygen atoms in total. The van der Waals surface area contributed by atoms with Crippen LogP contribution in [0.4, 0.5) is 0 Å². The van der Waals surface area contributed by atoms with Crippen LogP contribution in [0.2, 0.25) is 0 Å². The largest absolute Gasteiger partial charge is 0.369 e. The van der Waals surface area contributed by atoms with Crippen LogP contribution in [0.5, 0.6) is 0 Å². The first-order valence-electron chi connectivity index (χ1n) is 8.51. The molecule has 0 bridgehead atoms. The van der Waals surface area contributed by atoms with Gasteiger partial charge in [-0.3, -0.25) is 14.2 Å². The standard InChI is InChI=1S/C19H21N3O2S2/c1-3-4-9-22-18(24)16-14(13-7-5-12(2)6-8-13)10-25-17(16)21-19(22)26-11-15(20)23/h5-8,10H,3-4,9,11H2,1-2H3,(H2,20,23). The number of primary amides is 1. The number of fused-ring (bicyclic) bond motifs is 1. The van der Waals surface area contributed by atoms with Crippen LogP contribution in [-0.2, 0) is 11.3 Å². The van der Waals surface area contributed by atoms with Gasteiger partial charge in [0.25, 0.3) is 5.56 Å². The first-order chi connectivity index (χ1) is 12.5. The molecule has 0 atom stereocenters. The summed E-state index contributed by atoms with van der Waals surface area (Å²) in [7, 11) is 0. The van der Waals surface area contributed by atoms with Crippen LogP contribution in [0, 0.1) is 6.92 Å². The lowest BCUT2D eigenvalue weighted by atomic mass is 10.1. The summed E-state index contributed by atoms with van der Waals surface area (Å²) in [5.74, 6) is -0.307. The molecule has 0 aliphatic heterocycles. The summed E-state index contributed by atoms with van der Waals surface area (Å²) >= 11 is 2.68. The van der Waals surface area contributed by atoms with Gasteiger partial charge in [0, 0.05) is 17.5 Å². The molecule has 1 amide bonds. The van der Waals surface area contributed by atoms with Crippen LogP contribution in [0.3, 0.4) is 0 Å². The van der Waals surface area contributed by atoms with E-state index in [4.69, 9.17) is 5.73 Å². The fourth-order valence-corrected chi connectivity index (χ4v) is 4.46. The summed E-state index contributed by atoms with van der Waals surface area (Å²) in [6, 6.07) is 8.14. The molecule has 0 fully saturated rings. The van der Waals surface area contributed by atoms with Gasteiger partial charge in [-0.05, 0) is 18.9 Å². The number of carbonyl (C=O) groups is 1. The third kappa shape index (κ3) is 3.83. The molecule has 1 aromatic carbocycles.